The van der Waals surface area contributed by atoms with Gasteiger partial charge in [0.05, 0.1) is 11.7 Å². The zero-order chi connectivity index (χ0) is 19.1. The fourth-order valence-corrected chi connectivity index (χ4v) is 4.56. The number of H-pyrrole nitrogens is 1. The van der Waals surface area contributed by atoms with Crippen molar-refractivity contribution in [2.75, 3.05) is 0 Å². The number of imidazole rings is 1. The van der Waals surface area contributed by atoms with E-state index in [2.05, 4.69) is 37.9 Å². The number of carbonyl (C=O) groups is 1. The van der Waals surface area contributed by atoms with Gasteiger partial charge in [0.25, 0.3) is 5.91 Å². The quantitative estimate of drug-likeness (QED) is 0.617. The Morgan fingerprint density at radius 3 is 2.74 bits per heavy atom. The lowest BCUT2D eigenvalue weighted by Gasteiger charge is -2.31. The molecule has 1 fully saturated rings. The van der Waals surface area contributed by atoms with E-state index >= 15 is 0 Å². The number of aromatic amines is 1. The summed E-state index contributed by atoms with van der Waals surface area (Å²) in [6.45, 7) is 2.30. The minimum atomic E-state index is -0.462. The van der Waals surface area contributed by atoms with Crippen molar-refractivity contribution in [2.45, 2.75) is 38.5 Å². The summed E-state index contributed by atoms with van der Waals surface area (Å²) in [5.74, 6) is 1.43. The van der Waals surface area contributed by atoms with Crippen LogP contribution in [-0.2, 0) is 7.05 Å². The van der Waals surface area contributed by atoms with E-state index in [1.54, 1.807) is 17.9 Å². The van der Waals surface area contributed by atoms with Crippen LogP contribution in [-0.4, -0.2) is 30.6 Å². The molecular formula is C19H23BrN6O. The minimum Gasteiger partial charge on any atom is -0.364 e. The van der Waals surface area contributed by atoms with Crippen molar-refractivity contribution in [1.29, 1.82) is 0 Å². The van der Waals surface area contributed by atoms with Gasteiger partial charge in [-0.15, -0.1) is 0 Å². The molecule has 4 rings (SSSR count). The number of nitrogens with zero attached hydrogens (tertiary/aromatic N) is 4. The first-order valence-corrected chi connectivity index (χ1v) is 10.1. The number of carbonyl (C=O) groups excluding carboxylic acids is 1. The van der Waals surface area contributed by atoms with Crippen LogP contribution in [0.25, 0.3) is 11.2 Å². The maximum atomic E-state index is 12.1. The van der Waals surface area contributed by atoms with E-state index in [9.17, 15) is 4.79 Å². The smallest absolute Gasteiger partial charge is 0.267 e. The second-order valence-electron chi connectivity index (χ2n) is 7.56. The molecule has 27 heavy (non-hydrogen) atoms. The van der Waals surface area contributed by atoms with Crippen molar-refractivity contribution in [1.82, 2.24) is 24.7 Å². The first kappa shape index (κ1) is 18.2. The number of primary amides is 1. The molecular weight excluding hydrogens is 408 g/mol. The van der Waals surface area contributed by atoms with Crippen LogP contribution in [0, 0.1) is 11.8 Å². The zero-order valence-corrected chi connectivity index (χ0v) is 17.0. The summed E-state index contributed by atoms with van der Waals surface area (Å²) in [6, 6.07) is 3.85. The molecule has 7 nitrogen and oxygen atoms in total. The van der Waals surface area contributed by atoms with Gasteiger partial charge in [-0.05, 0) is 52.7 Å². The third-order valence-electron chi connectivity index (χ3n) is 5.69. The number of nitrogens with one attached hydrogen (secondary N) is 1. The molecule has 1 aliphatic rings. The van der Waals surface area contributed by atoms with Gasteiger partial charge >= 0.3 is 0 Å². The Bertz CT molecular complexity index is 985. The molecule has 3 aromatic rings. The van der Waals surface area contributed by atoms with Crippen LogP contribution in [0.2, 0.25) is 0 Å². The molecule has 0 unspecified atom stereocenters. The van der Waals surface area contributed by atoms with E-state index in [1.807, 2.05) is 12.1 Å². The Balaban J connectivity index is 1.84. The topological polar surface area (TPSA) is 102 Å². The second kappa shape index (κ2) is 7.07. The van der Waals surface area contributed by atoms with Crippen molar-refractivity contribution in [3.63, 3.8) is 0 Å². The lowest BCUT2D eigenvalue weighted by atomic mass is 9.73. The average molecular weight is 431 g/mol. The van der Waals surface area contributed by atoms with E-state index < -0.39 is 5.91 Å². The summed E-state index contributed by atoms with van der Waals surface area (Å²) >= 11 is 3.40. The standard InChI is InChI=1S/C19H23BrN6O/c1-10-3-5-11(6-4-10)15(12-9-22-26(2)16(12)17(21)27)19-23-13-7-8-14(20)24-18(13)25-19/h7-11,15H,3-6H2,1-2H3,(H2,21,27)(H,23,24,25)/t10?,11?,15-/m0/s1. The molecule has 0 spiro atoms. The van der Waals surface area contributed by atoms with Crippen LogP contribution in [0.3, 0.4) is 0 Å². The van der Waals surface area contributed by atoms with Gasteiger partial charge in [0.1, 0.15) is 16.1 Å². The fourth-order valence-electron chi connectivity index (χ4n) is 4.26. The van der Waals surface area contributed by atoms with E-state index in [0.29, 0.717) is 17.3 Å². The molecule has 1 amide bonds. The molecule has 8 heteroatoms. The van der Waals surface area contributed by atoms with E-state index in [1.165, 1.54) is 12.8 Å². The molecule has 1 atom stereocenters. The van der Waals surface area contributed by atoms with Crippen LogP contribution in [0.1, 0.15) is 60.4 Å². The predicted molar refractivity (Wildman–Crippen MR) is 106 cm³/mol. The highest BCUT2D eigenvalue weighted by molar-refractivity contribution is 9.10. The van der Waals surface area contributed by atoms with Gasteiger partial charge in [-0.2, -0.15) is 5.10 Å². The molecule has 3 heterocycles. The van der Waals surface area contributed by atoms with Crippen LogP contribution >= 0.6 is 15.9 Å². The summed E-state index contributed by atoms with van der Waals surface area (Å²) < 4.78 is 2.31. The molecule has 0 aromatic carbocycles. The molecule has 0 radical (unpaired) electrons. The highest BCUT2D eigenvalue weighted by Gasteiger charge is 2.34. The summed E-state index contributed by atoms with van der Waals surface area (Å²) in [7, 11) is 1.75. The molecule has 1 aliphatic carbocycles. The number of rotatable bonds is 4. The summed E-state index contributed by atoms with van der Waals surface area (Å²) in [5.41, 5.74) is 8.52. The Morgan fingerprint density at radius 1 is 1.30 bits per heavy atom. The maximum absolute atomic E-state index is 12.1. The number of aromatic nitrogens is 5. The molecule has 0 bridgehead atoms. The highest BCUT2D eigenvalue weighted by Crippen LogP contribution is 2.42. The average Bonchev–Trinajstić information content (AvgIpc) is 3.20. The Hall–Kier alpha value is -2.22. The number of hydrogen-bond donors (Lipinski definition) is 2. The van der Waals surface area contributed by atoms with Gasteiger partial charge in [-0.25, -0.2) is 9.97 Å². The Morgan fingerprint density at radius 2 is 2.04 bits per heavy atom. The summed E-state index contributed by atoms with van der Waals surface area (Å²) in [6.07, 6.45) is 6.30. The zero-order valence-electron chi connectivity index (χ0n) is 15.4. The van der Waals surface area contributed by atoms with Crippen molar-refractivity contribution < 1.29 is 4.79 Å². The molecule has 0 aliphatic heterocycles. The van der Waals surface area contributed by atoms with Gasteiger partial charge in [-0.1, -0.05) is 19.8 Å². The van der Waals surface area contributed by atoms with Gasteiger partial charge < -0.3 is 10.7 Å². The second-order valence-corrected chi connectivity index (χ2v) is 8.37. The SMILES string of the molecule is CC1CCC([C@H](c2nc3nc(Br)ccc3[nH]2)c2cnn(C)c2C(N)=O)CC1. The van der Waals surface area contributed by atoms with Gasteiger partial charge in [0, 0.05) is 18.5 Å². The van der Waals surface area contributed by atoms with Gasteiger partial charge in [-0.3, -0.25) is 9.48 Å². The first-order chi connectivity index (χ1) is 12.9. The number of fused-ring (bicyclic) bond motifs is 1. The predicted octanol–water partition coefficient (Wildman–Crippen LogP) is 3.51. The monoisotopic (exact) mass is 430 g/mol. The Kier molecular flexibility index (Phi) is 4.75. The first-order valence-electron chi connectivity index (χ1n) is 9.28. The van der Waals surface area contributed by atoms with E-state index in [4.69, 9.17) is 10.7 Å². The molecule has 0 saturated heterocycles. The number of nitrogens with two attached hydrogens (primary N) is 1. The number of aryl methyl sites for hydroxylation is 1. The molecule has 142 valence electrons. The Labute approximate surface area is 165 Å². The van der Waals surface area contributed by atoms with Gasteiger partial charge in [0.15, 0.2) is 5.65 Å². The third-order valence-corrected chi connectivity index (χ3v) is 6.13. The highest BCUT2D eigenvalue weighted by atomic mass is 79.9. The summed E-state index contributed by atoms with van der Waals surface area (Å²) in [4.78, 5) is 24.7. The molecule has 1 saturated carbocycles. The lowest BCUT2D eigenvalue weighted by Crippen LogP contribution is -2.25. The number of amides is 1. The van der Waals surface area contributed by atoms with Crippen LogP contribution in [0.5, 0.6) is 0 Å². The van der Waals surface area contributed by atoms with Crippen molar-refractivity contribution in [3.8, 4) is 0 Å². The van der Waals surface area contributed by atoms with Crippen molar-refractivity contribution in [2.24, 2.45) is 24.6 Å². The summed E-state index contributed by atoms with van der Waals surface area (Å²) in [5, 5.41) is 4.31. The van der Waals surface area contributed by atoms with Crippen LogP contribution in [0.15, 0.2) is 22.9 Å². The van der Waals surface area contributed by atoms with Crippen LogP contribution in [0.4, 0.5) is 0 Å². The normalized spacial score (nSPS) is 21.4. The largest absolute Gasteiger partial charge is 0.364 e. The fraction of sp³-hybridized carbons (Fsp3) is 0.474. The van der Waals surface area contributed by atoms with Crippen LogP contribution < -0.4 is 5.73 Å². The lowest BCUT2D eigenvalue weighted by molar-refractivity contribution is 0.0989. The maximum Gasteiger partial charge on any atom is 0.267 e. The minimum absolute atomic E-state index is 0.0540. The van der Waals surface area contributed by atoms with E-state index in [-0.39, 0.29) is 5.92 Å². The third kappa shape index (κ3) is 3.38. The number of halogens is 1. The number of pyridine rings is 1. The van der Waals surface area contributed by atoms with Gasteiger partial charge in [0.2, 0.25) is 0 Å². The molecule has 3 aromatic heterocycles. The van der Waals surface area contributed by atoms with Crippen molar-refractivity contribution >= 4 is 33.0 Å². The number of hydrogen-bond acceptors (Lipinski definition) is 4. The molecule has 3 N–H and O–H groups in total. The van der Waals surface area contributed by atoms with E-state index in [0.717, 1.165) is 40.3 Å². The van der Waals surface area contributed by atoms with Crippen molar-refractivity contribution in [3.05, 3.63) is 40.0 Å².